The highest BCUT2D eigenvalue weighted by atomic mass is 16.6. The van der Waals surface area contributed by atoms with E-state index >= 15 is 0 Å². The van der Waals surface area contributed by atoms with Gasteiger partial charge < -0.3 is 24.1 Å². The third-order valence-electron chi connectivity index (χ3n) is 3.23. The van der Waals surface area contributed by atoms with Crippen molar-refractivity contribution in [3.63, 3.8) is 0 Å². The number of ether oxygens (including phenoxy) is 4. The molecule has 4 atom stereocenters. The van der Waals surface area contributed by atoms with Crippen molar-refractivity contribution in [2.75, 3.05) is 13.7 Å². The second-order valence-electron chi connectivity index (χ2n) is 6.12. The second kappa shape index (κ2) is 12.7. The predicted molar refractivity (Wildman–Crippen MR) is 88.7 cm³/mol. The first-order valence-corrected chi connectivity index (χ1v) is 8.39. The van der Waals surface area contributed by atoms with Crippen LogP contribution in [0.5, 0.6) is 0 Å². The summed E-state index contributed by atoms with van der Waals surface area (Å²) in [5, 5.41) is 9.07. The fraction of sp³-hybridized carbons (Fsp3) is 0.824. The highest BCUT2D eigenvalue weighted by molar-refractivity contribution is 5.74. The smallest absolute Gasteiger partial charge is 0.309 e. The van der Waals surface area contributed by atoms with Crippen LogP contribution in [0.25, 0.3) is 0 Å². The molecule has 0 aliphatic heterocycles. The molecular formula is C17H30O8. The molecule has 0 saturated carbocycles. The number of aliphatic hydroxyl groups excluding tert-OH is 1. The Kier molecular flexibility index (Phi) is 11.8. The number of esters is 3. The number of carbonyl (C=O) groups excluding carboxylic acids is 3. The van der Waals surface area contributed by atoms with Gasteiger partial charge >= 0.3 is 17.9 Å². The third kappa shape index (κ3) is 13.3. The lowest BCUT2D eigenvalue weighted by molar-refractivity contribution is -0.159. The van der Waals surface area contributed by atoms with E-state index in [1.54, 1.807) is 27.7 Å². The Hall–Kier alpha value is -1.67. The van der Waals surface area contributed by atoms with Gasteiger partial charge in [-0.15, -0.1) is 0 Å². The zero-order chi connectivity index (χ0) is 19.4. The molecule has 8 nitrogen and oxygen atoms in total. The summed E-state index contributed by atoms with van der Waals surface area (Å²) < 4.78 is 20.1. The minimum Gasteiger partial charge on any atom is -0.465 e. The van der Waals surface area contributed by atoms with Crippen molar-refractivity contribution < 1.29 is 38.4 Å². The highest BCUT2D eigenvalue weighted by Crippen LogP contribution is 2.08. The van der Waals surface area contributed by atoms with E-state index in [2.05, 4.69) is 0 Å². The van der Waals surface area contributed by atoms with E-state index in [0.717, 1.165) is 0 Å². The molecule has 146 valence electrons. The summed E-state index contributed by atoms with van der Waals surface area (Å²) in [6.45, 7) is 6.62. The Balaban J connectivity index is 4.02. The number of aliphatic hydroxyl groups is 1. The van der Waals surface area contributed by atoms with Crippen molar-refractivity contribution in [1.29, 1.82) is 0 Å². The maximum Gasteiger partial charge on any atom is 0.309 e. The van der Waals surface area contributed by atoms with Crippen molar-refractivity contribution in [2.45, 2.75) is 77.8 Å². The van der Waals surface area contributed by atoms with E-state index in [9.17, 15) is 14.4 Å². The summed E-state index contributed by atoms with van der Waals surface area (Å²) in [7, 11) is 1.50. The average Bonchev–Trinajstić information content (AvgIpc) is 2.45. The van der Waals surface area contributed by atoms with E-state index in [1.165, 1.54) is 7.11 Å². The van der Waals surface area contributed by atoms with Crippen molar-refractivity contribution >= 4 is 17.9 Å². The van der Waals surface area contributed by atoms with Crippen LogP contribution < -0.4 is 0 Å². The zero-order valence-electron chi connectivity index (χ0n) is 15.6. The summed E-state index contributed by atoms with van der Waals surface area (Å²) in [5.74, 6) is -1.53. The van der Waals surface area contributed by atoms with Crippen molar-refractivity contribution in [1.82, 2.24) is 0 Å². The summed E-state index contributed by atoms with van der Waals surface area (Å²) >= 11 is 0. The predicted octanol–water partition coefficient (Wildman–Crippen LogP) is 1.37. The van der Waals surface area contributed by atoms with Crippen molar-refractivity contribution in [2.24, 2.45) is 0 Å². The molecule has 0 aliphatic carbocycles. The zero-order valence-corrected chi connectivity index (χ0v) is 15.6. The van der Waals surface area contributed by atoms with Crippen LogP contribution in [-0.4, -0.2) is 61.1 Å². The lowest BCUT2D eigenvalue weighted by atomic mass is 10.2. The molecule has 0 aromatic rings. The fourth-order valence-electron chi connectivity index (χ4n) is 1.82. The molecule has 0 amide bonds. The van der Waals surface area contributed by atoms with E-state index in [-0.39, 0.29) is 32.0 Å². The second-order valence-corrected chi connectivity index (χ2v) is 6.12. The molecule has 0 aliphatic rings. The van der Waals surface area contributed by atoms with Gasteiger partial charge in [0.05, 0.1) is 38.1 Å². The van der Waals surface area contributed by atoms with Crippen LogP contribution in [0.2, 0.25) is 0 Å². The third-order valence-corrected chi connectivity index (χ3v) is 3.23. The molecule has 0 saturated heterocycles. The van der Waals surface area contributed by atoms with Crippen LogP contribution in [0.4, 0.5) is 0 Å². The molecule has 0 fully saturated rings. The van der Waals surface area contributed by atoms with Gasteiger partial charge in [0.2, 0.25) is 0 Å². The number of hydrogen-bond acceptors (Lipinski definition) is 8. The molecule has 0 heterocycles. The van der Waals surface area contributed by atoms with E-state index in [4.69, 9.17) is 24.1 Å². The van der Waals surface area contributed by atoms with Crippen LogP contribution in [0.3, 0.4) is 0 Å². The van der Waals surface area contributed by atoms with Gasteiger partial charge in [0.1, 0.15) is 12.2 Å². The maximum atomic E-state index is 11.8. The van der Waals surface area contributed by atoms with Gasteiger partial charge in [-0.1, -0.05) is 0 Å². The monoisotopic (exact) mass is 362 g/mol. The Bertz CT molecular complexity index is 421. The van der Waals surface area contributed by atoms with Crippen LogP contribution >= 0.6 is 0 Å². The molecule has 0 unspecified atom stereocenters. The van der Waals surface area contributed by atoms with E-state index in [0.29, 0.717) is 6.42 Å². The molecule has 0 bridgehead atoms. The quantitative estimate of drug-likeness (QED) is 0.410. The molecule has 0 aromatic carbocycles. The molecular weight excluding hydrogens is 332 g/mol. The van der Waals surface area contributed by atoms with Gasteiger partial charge in [-0.2, -0.15) is 0 Å². The van der Waals surface area contributed by atoms with Gasteiger partial charge in [-0.25, -0.2) is 0 Å². The topological polar surface area (TPSA) is 108 Å². The summed E-state index contributed by atoms with van der Waals surface area (Å²) in [6.07, 6.45) is -1.81. The van der Waals surface area contributed by atoms with Crippen LogP contribution in [-0.2, 0) is 33.3 Å². The Labute approximate surface area is 148 Å². The van der Waals surface area contributed by atoms with Gasteiger partial charge in [-0.05, 0) is 27.7 Å². The molecule has 0 spiro atoms. The summed E-state index contributed by atoms with van der Waals surface area (Å²) in [6, 6.07) is 0. The number of methoxy groups -OCH3 is 1. The standard InChI is InChI=1S/C17H30O8/c1-11(18)6-7-23-15(19)9-13(3)24-17(21)10-14(4)25-16(20)8-12(2)22-5/h11-14,18H,6-10H2,1-5H3/t11-,12-,13-,14-/m1/s1. The van der Waals surface area contributed by atoms with Crippen LogP contribution in [0.1, 0.15) is 53.4 Å². The van der Waals surface area contributed by atoms with E-state index < -0.39 is 36.2 Å². The molecule has 8 heteroatoms. The molecule has 0 aromatic heterocycles. The minimum absolute atomic E-state index is 0.0783. The molecule has 0 radical (unpaired) electrons. The Morgan fingerprint density at radius 3 is 1.68 bits per heavy atom. The van der Waals surface area contributed by atoms with Gasteiger partial charge in [0.15, 0.2) is 0 Å². The lowest BCUT2D eigenvalue weighted by Gasteiger charge is -2.17. The fourth-order valence-corrected chi connectivity index (χ4v) is 1.82. The minimum atomic E-state index is -0.650. The van der Waals surface area contributed by atoms with Gasteiger partial charge in [0, 0.05) is 13.5 Å². The first-order chi connectivity index (χ1) is 11.6. The molecule has 0 rings (SSSR count). The lowest BCUT2D eigenvalue weighted by Crippen LogP contribution is -2.25. The molecule has 25 heavy (non-hydrogen) atoms. The SMILES string of the molecule is CO[C@H](C)CC(=O)O[C@H](C)CC(=O)O[C@H](C)CC(=O)OCC[C@@H](C)O. The number of rotatable bonds is 12. The van der Waals surface area contributed by atoms with Crippen molar-refractivity contribution in [3.8, 4) is 0 Å². The first kappa shape index (κ1) is 23.3. The van der Waals surface area contributed by atoms with Crippen LogP contribution in [0.15, 0.2) is 0 Å². The largest absolute Gasteiger partial charge is 0.465 e. The van der Waals surface area contributed by atoms with Crippen LogP contribution in [0, 0.1) is 0 Å². The first-order valence-electron chi connectivity index (χ1n) is 8.39. The Morgan fingerprint density at radius 2 is 1.24 bits per heavy atom. The number of carbonyl (C=O) groups is 3. The average molecular weight is 362 g/mol. The van der Waals surface area contributed by atoms with E-state index in [1.807, 2.05) is 0 Å². The van der Waals surface area contributed by atoms with Gasteiger partial charge in [0.25, 0.3) is 0 Å². The normalized spacial score (nSPS) is 15.6. The Morgan fingerprint density at radius 1 is 0.800 bits per heavy atom. The summed E-state index contributed by atoms with van der Waals surface area (Å²) in [5.41, 5.74) is 0. The summed E-state index contributed by atoms with van der Waals surface area (Å²) in [4.78, 5) is 34.9. The maximum absolute atomic E-state index is 11.8. The van der Waals surface area contributed by atoms with Gasteiger partial charge in [-0.3, -0.25) is 14.4 Å². The highest BCUT2D eigenvalue weighted by Gasteiger charge is 2.20. The molecule has 1 N–H and O–H groups in total. The number of hydrogen-bond donors (Lipinski definition) is 1. The van der Waals surface area contributed by atoms with Crippen molar-refractivity contribution in [3.05, 3.63) is 0 Å².